The van der Waals surface area contributed by atoms with Gasteiger partial charge in [-0.2, -0.15) is 0 Å². The summed E-state index contributed by atoms with van der Waals surface area (Å²) in [6.07, 6.45) is 24.1. The lowest BCUT2D eigenvalue weighted by Crippen LogP contribution is -2.60. The lowest BCUT2D eigenvalue weighted by atomic mass is 9.99. The van der Waals surface area contributed by atoms with Gasteiger partial charge in [-0.1, -0.05) is 141 Å². The number of aliphatic hydroxyl groups excluding tert-OH is 6. The molecule has 294 valence electrons. The van der Waals surface area contributed by atoms with Gasteiger partial charge in [0, 0.05) is 0 Å². The molecule has 8 atom stereocenters. The molecule has 0 saturated carbocycles. The van der Waals surface area contributed by atoms with Crippen molar-refractivity contribution in [3.63, 3.8) is 0 Å². The maximum Gasteiger partial charge on any atom is 0.249 e. The van der Waals surface area contributed by atoms with E-state index >= 15 is 0 Å². The predicted molar refractivity (Wildman–Crippen MR) is 199 cm³/mol. The largest absolute Gasteiger partial charge is 0.394 e. The number of ether oxygens (including phenoxy) is 2. The number of aliphatic hydroxyl groups is 6. The minimum atomic E-state index is -1.61. The number of nitrogens with one attached hydrogen (secondary N) is 1. The molecular formula is C40H75NO9. The zero-order valence-electron chi connectivity index (χ0n) is 31.5. The van der Waals surface area contributed by atoms with E-state index in [9.17, 15) is 35.4 Å². The first-order valence-corrected chi connectivity index (χ1v) is 20.2. The van der Waals surface area contributed by atoms with Crippen LogP contribution in [-0.2, 0) is 14.3 Å². The first-order chi connectivity index (χ1) is 24.3. The second-order valence-electron chi connectivity index (χ2n) is 14.2. The Kier molecular flexibility index (Phi) is 29.1. The molecule has 8 unspecified atom stereocenters. The van der Waals surface area contributed by atoms with E-state index in [1.54, 1.807) is 6.08 Å². The first kappa shape index (κ1) is 46.7. The van der Waals surface area contributed by atoms with Crippen molar-refractivity contribution in [3.8, 4) is 0 Å². The molecule has 0 aromatic heterocycles. The van der Waals surface area contributed by atoms with E-state index in [1.165, 1.54) is 96.3 Å². The molecule has 0 spiro atoms. The van der Waals surface area contributed by atoms with Crippen LogP contribution in [0.2, 0.25) is 0 Å². The third kappa shape index (κ3) is 21.9. The van der Waals surface area contributed by atoms with Crippen LogP contribution in [0.15, 0.2) is 24.3 Å². The molecule has 1 aliphatic rings. The molecule has 1 heterocycles. The molecule has 0 aliphatic carbocycles. The molecule has 50 heavy (non-hydrogen) atoms. The Balaban J connectivity index is 2.53. The summed E-state index contributed by atoms with van der Waals surface area (Å²) in [5.41, 5.74) is 0. The molecule has 1 amide bonds. The van der Waals surface area contributed by atoms with E-state index in [4.69, 9.17) is 9.47 Å². The van der Waals surface area contributed by atoms with Gasteiger partial charge in [-0.25, -0.2) is 0 Å². The molecule has 10 nitrogen and oxygen atoms in total. The van der Waals surface area contributed by atoms with Crippen molar-refractivity contribution in [2.45, 2.75) is 210 Å². The van der Waals surface area contributed by atoms with Gasteiger partial charge >= 0.3 is 0 Å². The molecule has 7 N–H and O–H groups in total. The Bertz CT molecular complexity index is 855. The highest BCUT2D eigenvalue weighted by molar-refractivity contribution is 5.80. The standard InChI is InChI=1S/C40H75NO9/c1-3-5-7-9-11-13-15-17-19-21-23-25-27-29-34(44)39(48)41-32(31-49-40-38(47)37(46)36(45)35(30-42)50-40)33(43)28-26-24-22-20-18-16-14-12-10-8-6-4-2/h19,21,26,28,32-38,40,42-47H,3-18,20,22-25,27,29-31H2,1-2H3,(H,41,48)/b21-19-,28-26+. The Labute approximate surface area is 303 Å². The van der Waals surface area contributed by atoms with Crippen molar-refractivity contribution in [1.82, 2.24) is 5.32 Å². The Morgan fingerprint density at radius 1 is 0.680 bits per heavy atom. The second-order valence-corrected chi connectivity index (χ2v) is 14.2. The molecule has 1 aliphatic heterocycles. The Morgan fingerprint density at radius 3 is 1.68 bits per heavy atom. The van der Waals surface area contributed by atoms with Crippen molar-refractivity contribution in [2.24, 2.45) is 0 Å². The summed E-state index contributed by atoms with van der Waals surface area (Å²) in [7, 11) is 0. The van der Waals surface area contributed by atoms with Gasteiger partial charge in [-0.05, 0) is 44.9 Å². The highest BCUT2D eigenvalue weighted by Crippen LogP contribution is 2.22. The van der Waals surface area contributed by atoms with Crippen LogP contribution in [0.25, 0.3) is 0 Å². The first-order valence-electron chi connectivity index (χ1n) is 20.2. The van der Waals surface area contributed by atoms with Crippen molar-refractivity contribution >= 4 is 5.91 Å². The topological polar surface area (TPSA) is 169 Å². The van der Waals surface area contributed by atoms with Gasteiger partial charge in [0.15, 0.2) is 6.29 Å². The SMILES string of the molecule is CCCCCCCCC/C=C\CCCCC(O)C(=O)NC(COC1OC(CO)C(O)C(O)C1O)C(O)/C=C/CCCCCCCCCCCC. The molecule has 10 heteroatoms. The lowest BCUT2D eigenvalue weighted by Gasteiger charge is -2.40. The molecular weight excluding hydrogens is 638 g/mol. The third-order valence-electron chi connectivity index (χ3n) is 9.63. The van der Waals surface area contributed by atoms with E-state index in [-0.39, 0.29) is 13.0 Å². The molecule has 0 radical (unpaired) electrons. The number of rotatable bonds is 32. The van der Waals surface area contributed by atoms with Gasteiger partial charge in [0.2, 0.25) is 5.91 Å². The van der Waals surface area contributed by atoms with Crippen LogP contribution in [0.4, 0.5) is 0 Å². The Hall–Kier alpha value is -1.37. The van der Waals surface area contributed by atoms with E-state index in [1.807, 2.05) is 6.08 Å². The summed E-state index contributed by atoms with van der Waals surface area (Å²) in [5.74, 6) is -0.635. The van der Waals surface area contributed by atoms with Gasteiger partial charge in [-0.15, -0.1) is 0 Å². The summed E-state index contributed by atoms with van der Waals surface area (Å²) >= 11 is 0. The number of carbonyl (C=O) groups excluding carboxylic acids is 1. The van der Waals surface area contributed by atoms with E-state index in [0.717, 1.165) is 38.5 Å². The molecule has 0 bridgehead atoms. The predicted octanol–water partition coefficient (Wildman–Crippen LogP) is 6.13. The van der Waals surface area contributed by atoms with Crippen LogP contribution in [0.1, 0.15) is 162 Å². The molecule has 1 saturated heterocycles. The maximum absolute atomic E-state index is 12.9. The van der Waals surface area contributed by atoms with Crippen LogP contribution in [0.3, 0.4) is 0 Å². The van der Waals surface area contributed by atoms with Crippen molar-refractivity contribution < 1.29 is 44.9 Å². The molecule has 1 rings (SSSR count). The summed E-state index contributed by atoms with van der Waals surface area (Å²) in [5, 5.41) is 64.3. The normalized spacial score (nSPS) is 23.1. The highest BCUT2D eigenvalue weighted by Gasteiger charge is 2.44. The lowest BCUT2D eigenvalue weighted by molar-refractivity contribution is -0.302. The minimum Gasteiger partial charge on any atom is -0.394 e. The fraction of sp³-hybridized carbons (Fsp3) is 0.875. The van der Waals surface area contributed by atoms with Crippen LogP contribution in [0, 0.1) is 0 Å². The highest BCUT2D eigenvalue weighted by atomic mass is 16.7. The summed E-state index contributed by atoms with van der Waals surface area (Å²) < 4.78 is 11.1. The number of hydrogen-bond acceptors (Lipinski definition) is 9. The fourth-order valence-corrected chi connectivity index (χ4v) is 6.21. The van der Waals surface area contributed by atoms with Gasteiger partial charge in [0.25, 0.3) is 0 Å². The monoisotopic (exact) mass is 714 g/mol. The van der Waals surface area contributed by atoms with Gasteiger partial charge in [-0.3, -0.25) is 4.79 Å². The van der Waals surface area contributed by atoms with E-state index in [0.29, 0.717) is 6.42 Å². The van der Waals surface area contributed by atoms with Crippen molar-refractivity contribution in [2.75, 3.05) is 13.2 Å². The fourth-order valence-electron chi connectivity index (χ4n) is 6.21. The van der Waals surface area contributed by atoms with Crippen LogP contribution in [0.5, 0.6) is 0 Å². The minimum absolute atomic E-state index is 0.280. The van der Waals surface area contributed by atoms with Crippen LogP contribution in [-0.4, -0.2) is 98.7 Å². The number of unbranched alkanes of at least 4 members (excludes halogenated alkanes) is 19. The third-order valence-corrected chi connectivity index (χ3v) is 9.63. The van der Waals surface area contributed by atoms with Crippen LogP contribution >= 0.6 is 0 Å². The quantitative estimate of drug-likeness (QED) is 0.0320. The summed E-state index contributed by atoms with van der Waals surface area (Å²) in [6, 6.07) is -0.983. The zero-order chi connectivity index (χ0) is 36.8. The number of allylic oxidation sites excluding steroid dienone is 3. The summed E-state index contributed by atoms with van der Waals surface area (Å²) in [6.45, 7) is 3.55. The zero-order valence-corrected chi connectivity index (χ0v) is 31.5. The molecule has 1 fully saturated rings. The molecule has 0 aromatic rings. The van der Waals surface area contributed by atoms with Gasteiger partial charge in [0.1, 0.15) is 30.5 Å². The number of carbonyl (C=O) groups is 1. The second kappa shape index (κ2) is 31.2. The molecule has 0 aromatic carbocycles. The van der Waals surface area contributed by atoms with E-state index < -0.39 is 61.5 Å². The van der Waals surface area contributed by atoms with Crippen molar-refractivity contribution in [1.29, 1.82) is 0 Å². The maximum atomic E-state index is 12.9. The van der Waals surface area contributed by atoms with Gasteiger partial charge < -0.3 is 45.4 Å². The van der Waals surface area contributed by atoms with Crippen molar-refractivity contribution in [3.05, 3.63) is 24.3 Å². The van der Waals surface area contributed by atoms with Crippen LogP contribution < -0.4 is 5.32 Å². The smallest absolute Gasteiger partial charge is 0.249 e. The summed E-state index contributed by atoms with van der Waals surface area (Å²) in [4.78, 5) is 12.9. The average Bonchev–Trinajstić information content (AvgIpc) is 3.11. The average molecular weight is 714 g/mol. The number of hydrogen-bond donors (Lipinski definition) is 7. The van der Waals surface area contributed by atoms with E-state index in [2.05, 4.69) is 31.3 Å². The van der Waals surface area contributed by atoms with Gasteiger partial charge in [0.05, 0.1) is 25.4 Å². The Morgan fingerprint density at radius 2 is 1.16 bits per heavy atom. The number of amides is 1.